The van der Waals surface area contributed by atoms with E-state index in [4.69, 9.17) is 9.57 Å². The fourth-order valence-corrected chi connectivity index (χ4v) is 4.70. The first kappa shape index (κ1) is 23.2. The van der Waals surface area contributed by atoms with E-state index >= 15 is 0 Å². The van der Waals surface area contributed by atoms with Crippen molar-refractivity contribution in [2.24, 2.45) is 5.16 Å². The zero-order valence-electron chi connectivity index (χ0n) is 20.0. The summed E-state index contributed by atoms with van der Waals surface area (Å²) in [6.45, 7) is 8.17. The fraction of sp³-hybridized carbons (Fsp3) is 0.172. The number of hydrogen-bond donors (Lipinski definition) is 0. The Bertz CT molecular complexity index is 1610. The van der Waals surface area contributed by atoms with Crippen LogP contribution in [0.1, 0.15) is 45.2 Å². The van der Waals surface area contributed by atoms with Crippen molar-refractivity contribution >= 4 is 45.1 Å². The van der Waals surface area contributed by atoms with Gasteiger partial charge in [0.1, 0.15) is 11.5 Å². The summed E-state index contributed by atoms with van der Waals surface area (Å²) >= 11 is 0. The Morgan fingerprint density at radius 3 is 2.67 bits per heavy atom. The third kappa shape index (κ3) is 3.79. The topological polar surface area (TPSA) is 87.0 Å². The number of benzene rings is 3. The Kier molecular flexibility index (Phi) is 5.98. The molecule has 7 heteroatoms. The van der Waals surface area contributed by atoms with Crippen LogP contribution in [-0.4, -0.2) is 34.4 Å². The van der Waals surface area contributed by atoms with E-state index in [-0.39, 0.29) is 30.3 Å². The van der Waals surface area contributed by atoms with Gasteiger partial charge in [0.25, 0.3) is 0 Å². The Labute approximate surface area is 207 Å². The molecule has 0 bridgehead atoms. The van der Waals surface area contributed by atoms with Gasteiger partial charge in [0.2, 0.25) is 5.78 Å². The largest absolute Gasteiger partial charge is 0.492 e. The van der Waals surface area contributed by atoms with Gasteiger partial charge in [0, 0.05) is 41.1 Å². The van der Waals surface area contributed by atoms with Gasteiger partial charge >= 0.3 is 5.97 Å². The molecule has 0 spiro atoms. The molecule has 5 rings (SSSR count). The van der Waals surface area contributed by atoms with Crippen LogP contribution in [0.4, 0.5) is 0 Å². The summed E-state index contributed by atoms with van der Waals surface area (Å²) in [5.41, 5.74) is 4.39. The van der Waals surface area contributed by atoms with E-state index in [1.165, 1.54) is 0 Å². The van der Waals surface area contributed by atoms with Crippen LogP contribution >= 0.6 is 0 Å². The number of rotatable bonds is 5. The second-order valence-corrected chi connectivity index (χ2v) is 8.54. The lowest BCUT2D eigenvalue weighted by Gasteiger charge is -2.09. The van der Waals surface area contributed by atoms with Gasteiger partial charge in [0.15, 0.2) is 5.78 Å². The minimum atomic E-state index is -0.743. The molecule has 180 valence electrons. The number of hydrogen-bond acceptors (Lipinski definition) is 6. The van der Waals surface area contributed by atoms with Crippen molar-refractivity contribution in [2.45, 2.75) is 26.8 Å². The molecule has 1 aliphatic heterocycles. The van der Waals surface area contributed by atoms with Gasteiger partial charge in [-0.2, -0.15) is 0 Å². The highest BCUT2D eigenvalue weighted by Crippen LogP contribution is 2.40. The SMILES string of the molecule is C=CC(=O)O/N=C1\CCOc2c(ccc3c2c2cc(C(=O)c4ccccc4C)ccc2n3CC)C1=O. The maximum Gasteiger partial charge on any atom is 0.358 e. The molecule has 0 N–H and O–H groups in total. The predicted molar refractivity (Wildman–Crippen MR) is 138 cm³/mol. The predicted octanol–water partition coefficient (Wildman–Crippen LogP) is 5.40. The maximum atomic E-state index is 13.4. The summed E-state index contributed by atoms with van der Waals surface area (Å²) < 4.78 is 8.24. The Balaban J connectivity index is 1.70. The minimum absolute atomic E-state index is 0.0649. The highest BCUT2D eigenvalue weighted by Gasteiger charge is 2.28. The number of ketones is 2. The quantitative estimate of drug-likeness (QED) is 0.165. The van der Waals surface area contributed by atoms with E-state index in [1.807, 2.05) is 62.4 Å². The van der Waals surface area contributed by atoms with Crippen molar-refractivity contribution in [3.05, 3.63) is 89.5 Å². The van der Waals surface area contributed by atoms with Gasteiger partial charge in [0.05, 0.1) is 23.1 Å². The second kappa shape index (κ2) is 9.26. The molecule has 0 fully saturated rings. The first-order valence-corrected chi connectivity index (χ1v) is 11.7. The summed E-state index contributed by atoms with van der Waals surface area (Å²) in [4.78, 5) is 42.9. The lowest BCUT2D eigenvalue weighted by molar-refractivity contribution is -0.137. The summed E-state index contributed by atoms with van der Waals surface area (Å²) in [5.74, 6) is -0.737. The van der Waals surface area contributed by atoms with Gasteiger partial charge in [-0.3, -0.25) is 9.59 Å². The standard InChI is InChI=1S/C29H24N2O5/c1-4-25(32)36-30-22-14-15-35-29-20(28(22)34)11-13-24-26(29)21-16-18(10-12-23(21)31(24)5-2)27(33)19-9-7-6-8-17(19)3/h4,6-13,16H,1,5,14-15H2,2-3H3/b30-22+. The zero-order valence-corrected chi connectivity index (χ0v) is 20.0. The monoisotopic (exact) mass is 480 g/mol. The normalized spacial score (nSPS) is 14.4. The van der Waals surface area contributed by atoms with Gasteiger partial charge < -0.3 is 14.1 Å². The molecule has 4 aromatic rings. The van der Waals surface area contributed by atoms with Crippen molar-refractivity contribution in [1.82, 2.24) is 4.57 Å². The molecule has 1 aromatic heterocycles. The van der Waals surface area contributed by atoms with Crippen molar-refractivity contribution < 1.29 is 24.0 Å². The molecule has 7 nitrogen and oxygen atoms in total. The average Bonchev–Trinajstić information content (AvgIpc) is 3.13. The van der Waals surface area contributed by atoms with Crippen LogP contribution in [0.2, 0.25) is 0 Å². The van der Waals surface area contributed by atoms with Gasteiger partial charge in [-0.05, 0) is 49.7 Å². The van der Waals surface area contributed by atoms with Crippen molar-refractivity contribution in [1.29, 1.82) is 0 Å². The molecule has 0 aliphatic carbocycles. The molecule has 2 heterocycles. The molecule has 0 saturated heterocycles. The smallest absolute Gasteiger partial charge is 0.358 e. The summed E-state index contributed by atoms with van der Waals surface area (Å²) in [6.07, 6.45) is 1.16. The van der Waals surface area contributed by atoms with Gasteiger partial charge in [-0.25, -0.2) is 4.79 Å². The highest BCUT2D eigenvalue weighted by atomic mass is 16.7. The Hall–Kier alpha value is -4.52. The lowest BCUT2D eigenvalue weighted by atomic mass is 9.97. The molecule has 0 saturated carbocycles. The number of fused-ring (bicyclic) bond motifs is 5. The molecule has 1 aliphatic rings. The van der Waals surface area contributed by atoms with Gasteiger partial charge in [-0.1, -0.05) is 36.0 Å². The molecular formula is C29H24N2O5. The third-order valence-electron chi connectivity index (χ3n) is 6.46. The number of aromatic nitrogens is 1. The molecule has 3 aromatic carbocycles. The van der Waals surface area contributed by atoms with Crippen LogP contribution in [-0.2, 0) is 16.2 Å². The first-order chi connectivity index (χ1) is 17.4. The van der Waals surface area contributed by atoms with E-state index < -0.39 is 5.97 Å². The second-order valence-electron chi connectivity index (χ2n) is 8.54. The van der Waals surface area contributed by atoms with E-state index in [9.17, 15) is 14.4 Å². The number of oxime groups is 1. The summed E-state index contributed by atoms with van der Waals surface area (Å²) in [6, 6.07) is 16.7. The van der Waals surface area contributed by atoms with Crippen LogP contribution < -0.4 is 4.74 Å². The number of nitrogens with zero attached hydrogens (tertiary/aromatic N) is 2. The van der Waals surface area contributed by atoms with E-state index in [0.29, 0.717) is 29.0 Å². The zero-order chi connectivity index (χ0) is 25.4. The summed E-state index contributed by atoms with van der Waals surface area (Å²) in [5, 5.41) is 5.35. The molecule has 0 amide bonds. The van der Waals surface area contributed by atoms with Crippen molar-refractivity contribution in [2.75, 3.05) is 6.61 Å². The van der Waals surface area contributed by atoms with Crippen LogP contribution in [0.3, 0.4) is 0 Å². The molecule has 36 heavy (non-hydrogen) atoms. The van der Waals surface area contributed by atoms with Crippen LogP contribution in [0.25, 0.3) is 21.8 Å². The van der Waals surface area contributed by atoms with E-state index in [0.717, 1.165) is 33.4 Å². The maximum absolute atomic E-state index is 13.4. The van der Waals surface area contributed by atoms with Crippen molar-refractivity contribution in [3.8, 4) is 5.75 Å². The lowest BCUT2D eigenvalue weighted by Crippen LogP contribution is -2.15. The van der Waals surface area contributed by atoms with E-state index in [2.05, 4.69) is 16.3 Å². The number of ether oxygens (including phenoxy) is 1. The number of carbonyl (C=O) groups is 3. The van der Waals surface area contributed by atoms with Crippen LogP contribution in [0, 0.1) is 6.92 Å². The molecular weight excluding hydrogens is 456 g/mol. The third-order valence-corrected chi connectivity index (χ3v) is 6.46. The summed E-state index contributed by atoms with van der Waals surface area (Å²) in [7, 11) is 0. The fourth-order valence-electron chi connectivity index (χ4n) is 4.70. The van der Waals surface area contributed by atoms with Crippen molar-refractivity contribution in [3.63, 3.8) is 0 Å². The first-order valence-electron chi connectivity index (χ1n) is 11.7. The number of Topliss-reactive ketones (excluding diaryl/α,β-unsaturated/α-hetero) is 1. The van der Waals surface area contributed by atoms with Crippen LogP contribution in [0.5, 0.6) is 5.75 Å². The Morgan fingerprint density at radius 2 is 1.92 bits per heavy atom. The highest BCUT2D eigenvalue weighted by molar-refractivity contribution is 6.47. The molecule has 0 atom stereocenters. The minimum Gasteiger partial charge on any atom is -0.492 e. The Morgan fingerprint density at radius 1 is 1.14 bits per heavy atom. The number of carbonyl (C=O) groups excluding carboxylic acids is 3. The van der Waals surface area contributed by atoms with Crippen LogP contribution in [0.15, 0.2) is 72.4 Å². The molecule has 0 unspecified atom stereocenters. The van der Waals surface area contributed by atoms with Gasteiger partial charge in [-0.15, -0.1) is 0 Å². The van der Waals surface area contributed by atoms with E-state index in [1.54, 1.807) is 6.07 Å². The molecule has 0 radical (unpaired) electrons. The number of aryl methyl sites for hydroxylation is 2. The average molecular weight is 481 g/mol.